The molecular weight excluding hydrogens is 627 g/mol. The average molecular weight is 661 g/mol. The van der Waals surface area contributed by atoms with Crippen LogP contribution in [0.1, 0.15) is 43.9 Å². The Balaban J connectivity index is 1.44. The largest absolute Gasteiger partial charge is 0.507 e. The molecule has 4 atom stereocenters. The van der Waals surface area contributed by atoms with E-state index in [1.54, 1.807) is 42.6 Å². The van der Waals surface area contributed by atoms with Crippen LogP contribution in [-0.2, 0) is 9.59 Å². The molecule has 5 N–H and O–H groups in total. The van der Waals surface area contributed by atoms with Crippen LogP contribution in [0.15, 0.2) is 82.5 Å². The molecule has 11 heteroatoms. The molecule has 0 saturated carbocycles. The summed E-state index contributed by atoms with van der Waals surface area (Å²) in [5.74, 6) is -3.11. The second-order valence-corrected chi connectivity index (χ2v) is 12.1. The summed E-state index contributed by atoms with van der Waals surface area (Å²) in [7, 11) is -1.76. The van der Waals surface area contributed by atoms with Gasteiger partial charge in [0, 0.05) is 22.2 Å². The fourth-order valence-electron chi connectivity index (χ4n) is 6.48. The third-order valence-electron chi connectivity index (χ3n) is 8.59. The van der Waals surface area contributed by atoms with Crippen molar-refractivity contribution in [3.05, 3.63) is 93.7 Å². The third kappa shape index (κ3) is 6.29. The number of phenolic OH excluding ortho intramolecular Hbond substituents is 1. The Hall–Kier alpha value is -3.61. The molecule has 0 unspecified atom stereocenters. The van der Waals surface area contributed by atoms with E-state index in [1.807, 2.05) is 25.1 Å². The van der Waals surface area contributed by atoms with E-state index in [1.165, 1.54) is 12.1 Å². The van der Waals surface area contributed by atoms with Gasteiger partial charge in [-0.1, -0.05) is 46.6 Å². The highest BCUT2D eigenvalue weighted by Gasteiger charge is 2.55. The minimum atomic E-state index is -1.76. The molecule has 1 aliphatic carbocycles. The minimum Gasteiger partial charge on any atom is -0.507 e. The number of aromatic hydroxyl groups is 1. The van der Waals surface area contributed by atoms with Crippen molar-refractivity contribution in [2.75, 3.05) is 11.5 Å². The molecule has 5 rings (SSSR count). The van der Waals surface area contributed by atoms with Crippen LogP contribution in [0.25, 0.3) is 11.6 Å². The standard InChI is InChI=1S/C33H34BBrN2O7/c1-2-19-16-25-31(33(42)37(32(25)41)24-7-5-6-22(17-24)34(43)44)26(18-38)30(19)29(40)11-9-20(27-8-3-4-13-36-27)14-21-15-23(35)10-12-28(21)39/h3-8,10,12-15,17,25-26,29,31,38-40,43-44H,2,9,11,16,18H2,1H3/b20-14-/t25-,26+,29-,31-/m1/s1. The molecule has 2 aliphatic rings. The number of benzene rings is 2. The quantitative estimate of drug-likeness (QED) is 0.126. The van der Waals surface area contributed by atoms with E-state index >= 15 is 0 Å². The molecule has 2 aromatic carbocycles. The zero-order valence-electron chi connectivity index (χ0n) is 24.2. The summed E-state index contributed by atoms with van der Waals surface area (Å²) in [4.78, 5) is 33.0. The van der Waals surface area contributed by atoms with Crippen molar-refractivity contribution in [2.45, 2.75) is 38.7 Å². The first-order chi connectivity index (χ1) is 21.1. The maximum Gasteiger partial charge on any atom is 0.488 e. The van der Waals surface area contributed by atoms with Crippen molar-refractivity contribution in [1.29, 1.82) is 0 Å². The Labute approximate surface area is 264 Å². The van der Waals surface area contributed by atoms with Crippen LogP contribution in [0.5, 0.6) is 5.75 Å². The minimum absolute atomic E-state index is 0.102. The molecule has 0 spiro atoms. The van der Waals surface area contributed by atoms with Crippen molar-refractivity contribution in [2.24, 2.45) is 17.8 Å². The fourth-order valence-corrected chi connectivity index (χ4v) is 6.86. The van der Waals surface area contributed by atoms with E-state index in [2.05, 4.69) is 20.9 Å². The number of pyridine rings is 1. The molecule has 3 aromatic rings. The van der Waals surface area contributed by atoms with Crippen LogP contribution in [0.3, 0.4) is 0 Å². The number of carbonyl (C=O) groups is 2. The Morgan fingerprint density at radius 1 is 1.11 bits per heavy atom. The zero-order chi connectivity index (χ0) is 31.5. The first kappa shape index (κ1) is 31.8. The second-order valence-electron chi connectivity index (χ2n) is 11.2. The molecular formula is C33H34BBrN2O7. The first-order valence-corrected chi connectivity index (χ1v) is 15.4. The lowest BCUT2D eigenvalue weighted by Gasteiger charge is -2.36. The molecule has 0 bridgehead atoms. The number of imide groups is 1. The van der Waals surface area contributed by atoms with Gasteiger partial charge in [0.25, 0.3) is 0 Å². The number of hydrogen-bond acceptors (Lipinski definition) is 8. The molecule has 9 nitrogen and oxygen atoms in total. The van der Waals surface area contributed by atoms with Gasteiger partial charge in [-0.2, -0.15) is 0 Å². The Morgan fingerprint density at radius 3 is 2.59 bits per heavy atom. The monoisotopic (exact) mass is 660 g/mol. The summed E-state index contributed by atoms with van der Waals surface area (Å²) in [6.45, 7) is 1.51. The predicted molar refractivity (Wildman–Crippen MR) is 171 cm³/mol. The molecule has 44 heavy (non-hydrogen) atoms. The number of phenols is 1. The van der Waals surface area contributed by atoms with Gasteiger partial charge in [0.05, 0.1) is 35.9 Å². The van der Waals surface area contributed by atoms with Gasteiger partial charge in [-0.3, -0.25) is 19.5 Å². The molecule has 2 amide bonds. The second kappa shape index (κ2) is 13.6. The first-order valence-electron chi connectivity index (χ1n) is 14.6. The van der Waals surface area contributed by atoms with Crippen LogP contribution in [0, 0.1) is 17.8 Å². The number of carbonyl (C=O) groups excluding carboxylic acids is 2. The molecule has 2 heterocycles. The summed E-state index contributed by atoms with van der Waals surface area (Å²) in [6, 6.07) is 16.6. The summed E-state index contributed by atoms with van der Waals surface area (Å²) in [5.41, 5.74) is 3.87. The Kier molecular flexibility index (Phi) is 9.82. The summed E-state index contributed by atoms with van der Waals surface area (Å²) < 4.78 is 0.798. The van der Waals surface area contributed by atoms with E-state index in [9.17, 15) is 35.0 Å². The van der Waals surface area contributed by atoms with Crippen molar-refractivity contribution in [1.82, 2.24) is 4.98 Å². The zero-order valence-corrected chi connectivity index (χ0v) is 25.8. The van der Waals surface area contributed by atoms with E-state index in [4.69, 9.17) is 0 Å². The van der Waals surface area contributed by atoms with Crippen LogP contribution in [0.4, 0.5) is 5.69 Å². The SMILES string of the molecule is CCC1=C([C@H](O)CC/C(=C/c2cc(Br)ccc2O)c2ccccn2)[C@H](CO)[C@@H]2C(=O)N(c3cccc(B(O)O)c3)C(=O)[C@@H]2C1. The van der Waals surface area contributed by atoms with Gasteiger partial charge in [-0.05, 0) is 90.8 Å². The van der Waals surface area contributed by atoms with E-state index in [0.717, 1.165) is 20.5 Å². The van der Waals surface area contributed by atoms with Crippen LogP contribution < -0.4 is 10.4 Å². The Bertz CT molecular complexity index is 1610. The summed E-state index contributed by atoms with van der Waals surface area (Å²) in [5, 5.41) is 52.0. The van der Waals surface area contributed by atoms with Gasteiger partial charge >= 0.3 is 7.12 Å². The van der Waals surface area contributed by atoms with Gasteiger partial charge in [0.1, 0.15) is 5.75 Å². The van der Waals surface area contributed by atoms with Gasteiger partial charge in [-0.25, -0.2) is 0 Å². The summed E-state index contributed by atoms with van der Waals surface area (Å²) in [6.07, 6.45) is 3.96. The van der Waals surface area contributed by atoms with E-state index in [0.29, 0.717) is 29.7 Å². The topological polar surface area (TPSA) is 151 Å². The normalized spacial score (nSPS) is 21.1. The van der Waals surface area contributed by atoms with Gasteiger partial charge in [0.15, 0.2) is 0 Å². The number of hydrogen-bond donors (Lipinski definition) is 5. The van der Waals surface area contributed by atoms with E-state index in [-0.39, 0.29) is 29.7 Å². The number of halogens is 1. The van der Waals surface area contributed by atoms with Crippen molar-refractivity contribution < 1.29 is 35.0 Å². The highest BCUT2D eigenvalue weighted by Crippen LogP contribution is 2.48. The number of nitrogens with zero attached hydrogens (tertiary/aromatic N) is 2. The number of aromatic nitrogens is 1. The molecule has 1 aromatic heterocycles. The average Bonchev–Trinajstić information content (AvgIpc) is 3.28. The smallest absolute Gasteiger partial charge is 0.488 e. The fraction of sp³-hybridized carbons (Fsp3) is 0.303. The number of allylic oxidation sites excluding steroid dienone is 2. The summed E-state index contributed by atoms with van der Waals surface area (Å²) >= 11 is 3.44. The highest BCUT2D eigenvalue weighted by molar-refractivity contribution is 9.10. The number of amides is 2. The van der Waals surface area contributed by atoms with Gasteiger partial charge in [-0.15, -0.1) is 0 Å². The highest BCUT2D eigenvalue weighted by atomic mass is 79.9. The maximum absolute atomic E-state index is 13.8. The molecule has 0 radical (unpaired) electrons. The number of fused-ring (bicyclic) bond motifs is 1. The number of rotatable bonds is 10. The number of aliphatic hydroxyl groups is 2. The van der Waals surface area contributed by atoms with Gasteiger partial charge < -0.3 is 25.4 Å². The van der Waals surface area contributed by atoms with E-state index < -0.39 is 49.4 Å². The predicted octanol–water partition coefficient (Wildman–Crippen LogP) is 3.44. The number of aliphatic hydroxyl groups excluding tert-OH is 2. The van der Waals surface area contributed by atoms with Gasteiger partial charge in [0.2, 0.25) is 11.8 Å². The maximum atomic E-state index is 13.8. The molecule has 1 fully saturated rings. The molecule has 1 saturated heterocycles. The molecule has 228 valence electrons. The lowest BCUT2D eigenvalue weighted by Crippen LogP contribution is -2.39. The third-order valence-corrected chi connectivity index (χ3v) is 9.09. The van der Waals surface area contributed by atoms with Crippen LogP contribution in [-0.4, -0.2) is 62.0 Å². The van der Waals surface area contributed by atoms with Crippen molar-refractivity contribution in [3.8, 4) is 5.75 Å². The Morgan fingerprint density at radius 2 is 1.91 bits per heavy atom. The van der Waals surface area contributed by atoms with Crippen molar-refractivity contribution in [3.63, 3.8) is 0 Å². The lowest BCUT2D eigenvalue weighted by atomic mass is 9.67. The van der Waals surface area contributed by atoms with Crippen molar-refractivity contribution >= 4 is 57.7 Å². The molecule has 1 aliphatic heterocycles. The lowest BCUT2D eigenvalue weighted by molar-refractivity contribution is -0.123. The number of anilines is 1. The van der Waals surface area contributed by atoms with Crippen LogP contribution in [0.2, 0.25) is 0 Å². The van der Waals surface area contributed by atoms with Crippen LogP contribution >= 0.6 is 15.9 Å².